The topological polar surface area (TPSA) is 66.8 Å². The molecule has 1 saturated heterocycles. The molecule has 2 rings (SSSR count). The van der Waals surface area contributed by atoms with Crippen molar-refractivity contribution >= 4 is 12.0 Å². The van der Waals surface area contributed by atoms with Crippen molar-refractivity contribution < 1.29 is 19.4 Å². The fourth-order valence-corrected chi connectivity index (χ4v) is 2.80. The van der Waals surface area contributed by atoms with E-state index < -0.39 is 17.8 Å². The summed E-state index contributed by atoms with van der Waals surface area (Å²) < 4.78 is 5.35. The summed E-state index contributed by atoms with van der Waals surface area (Å²) >= 11 is 0. The molecule has 1 N–H and O–H groups in total. The van der Waals surface area contributed by atoms with Crippen LogP contribution in [0.5, 0.6) is 0 Å². The van der Waals surface area contributed by atoms with Gasteiger partial charge in [-0.05, 0) is 45.6 Å². The lowest BCUT2D eigenvalue weighted by Crippen LogP contribution is -2.49. The molecule has 2 atom stereocenters. The van der Waals surface area contributed by atoms with E-state index in [-0.39, 0.29) is 11.9 Å². The van der Waals surface area contributed by atoms with E-state index in [9.17, 15) is 14.7 Å². The van der Waals surface area contributed by atoms with Crippen LogP contribution in [0.2, 0.25) is 0 Å². The van der Waals surface area contributed by atoms with Gasteiger partial charge in [-0.15, -0.1) is 0 Å². The van der Waals surface area contributed by atoms with Gasteiger partial charge in [0.05, 0.1) is 6.10 Å². The largest absolute Gasteiger partial charge is 0.443 e. The van der Waals surface area contributed by atoms with Crippen molar-refractivity contribution in [3.63, 3.8) is 0 Å². The van der Waals surface area contributed by atoms with E-state index in [1.165, 1.54) is 4.90 Å². The van der Waals surface area contributed by atoms with E-state index in [2.05, 4.69) is 0 Å². The number of amides is 2. The summed E-state index contributed by atoms with van der Waals surface area (Å²) in [5, 5.41) is 10.4. The summed E-state index contributed by atoms with van der Waals surface area (Å²) in [4.78, 5) is 25.7. The number of aliphatic hydroxyl groups is 1. The minimum absolute atomic E-state index is 0.226. The maximum atomic E-state index is 12.4. The molecule has 0 bridgehead atoms. The molecule has 0 radical (unpaired) electrons. The van der Waals surface area contributed by atoms with Crippen LogP contribution in [0.15, 0.2) is 30.3 Å². The number of imide groups is 1. The Labute approximate surface area is 137 Å². The van der Waals surface area contributed by atoms with E-state index in [0.717, 1.165) is 12.0 Å². The van der Waals surface area contributed by atoms with Gasteiger partial charge in [0.2, 0.25) is 5.91 Å². The van der Waals surface area contributed by atoms with Gasteiger partial charge in [0, 0.05) is 12.5 Å². The fraction of sp³-hybridized carbons (Fsp3) is 0.556. The second-order valence-electron chi connectivity index (χ2n) is 6.95. The standard InChI is InChI=1S/C18H25NO4/c1-18(2,3)23-17(22)19-14(10-7-11-16(19)21)12-15(20)13-8-5-4-6-9-13/h4-6,8-9,14-15,20H,7,10-12H2,1-3H3/t14-,15-/m1/s1. The zero-order valence-corrected chi connectivity index (χ0v) is 14.0. The van der Waals surface area contributed by atoms with Crippen molar-refractivity contribution in [2.75, 3.05) is 0 Å². The maximum Gasteiger partial charge on any atom is 0.417 e. The molecule has 1 aliphatic rings. The molecule has 0 saturated carbocycles. The molecule has 2 amide bonds. The fourth-order valence-electron chi connectivity index (χ4n) is 2.80. The number of carbonyl (C=O) groups is 2. The second-order valence-corrected chi connectivity index (χ2v) is 6.95. The molecule has 5 heteroatoms. The Morgan fingerprint density at radius 1 is 1.35 bits per heavy atom. The average molecular weight is 319 g/mol. The lowest BCUT2D eigenvalue weighted by atomic mass is 9.94. The molecule has 5 nitrogen and oxygen atoms in total. The van der Waals surface area contributed by atoms with Crippen LogP contribution < -0.4 is 0 Å². The third-order valence-corrected chi connectivity index (χ3v) is 3.83. The zero-order chi connectivity index (χ0) is 17.0. The lowest BCUT2D eigenvalue weighted by Gasteiger charge is -2.36. The monoisotopic (exact) mass is 319 g/mol. The molecule has 126 valence electrons. The number of hydrogen-bond acceptors (Lipinski definition) is 4. The Kier molecular flexibility index (Phi) is 5.42. The number of carbonyl (C=O) groups excluding carboxylic acids is 2. The Bertz CT molecular complexity index is 550. The Morgan fingerprint density at radius 3 is 2.61 bits per heavy atom. The number of rotatable bonds is 3. The maximum absolute atomic E-state index is 12.4. The summed E-state index contributed by atoms with van der Waals surface area (Å²) in [6.45, 7) is 5.31. The van der Waals surface area contributed by atoms with Crippen LogP contribution in [0.4, 0.5) is 4.79 Å². The molecule has 1 aromatic rings. The van der Waals surface area contributed by atoms with Crippen LogP contribution >= 0.6 is 0 Å². The zero-order valence-electron chi connectivity index (χ0n) is 14.0. The first kappa shape index (κ1) is 17.5. The summed E-state index contributed by atoms with van der Waals surface area (Å²) in [5.41, 5.74) is 0.131. The first-order valence-corrected chi connectivity index (χ1v) is 8.06. The summed E-state index contributed by atoms with van der Waals surface area (Å²) in [5.74, 6) is -0.226. The second kappa shape index (κ2) is 7.13. The minimum atomic E-state index is -0.711. The van der Waals surface area contributed by atoms with Gasteiger partial charge >= 0.3 is 6.09 Å². The van der Waals surface area contributed by atoms with Gasteiger partial charge in [0.15, 0.2) is 0 Å². The van der Waals surface area contributed by atoms with Gasteiger partial charge in [-0.2, -0.15) is 0 Å². The van der Waals surface area contributed by atoms with Gasteiger partial charge in [0.25, 0.3) is 0 Å². The number of benzene rings is 1. The molecule has 0 spiro atoms. The molecule has 0 aliphatic carbocycles. The van der Waals surface area contributed by atoms with Gasteiger partial charge in [0.1, 0.15) is 5.60 Å². The number of ether oxygens (including phenoxy) is 1. The van der Waals surface area contributed by atoms with Crippen LogP contribution in [-0.2, 0) is 9.53 Å². The third kappa shape index (κ3) is 4.79. The highest BCUT2D eigenvalue weighted by molar-refractivity contribution is 5.93. The normalized spacial score (nSPS) is 20.3. The molecule has 1 fully saturated rings. The minimum Gasteiger partial charge on any atom is -0.443 e. The van der Waals surface area contributed by atoms with Gasteiger partial charge in [-0.3, -0.25) is 4.79 Å². The van der Waals surface area contributed by atoms with E-state index in [4.69, 9.17) is 4.74 Å². The molecule has 1 heterocycles. The predicted octanol–water partition coefficient (Wildman–Crippen LogP) is 3.43. The molecular formula is C18H25NO4. The Morgan fingerprint density at radius 2 is 2.00 bits per heavy atom. The van der Waals surface area contributed by atoms with Crippen LogP contribution in [0.1, 0.15) is 58.1 Å². The lowest BCUT2D eigenvalue weighted by molar-refractivity contribution is -0.135. The summed E-state index contributed by atoms with van der Waals surface area (Å²) in [6.07, 6.45) is 0.759. The first-order chi connectivity index (χ1) is 10.8. The molecule has 23 heavy (non-hydrogen) atoms. The molecular weight excluding hydrogens is 294 g/mol. The van der Waals surface area contributed by atoms with Crippen LogP contribution in [0.25, 0.3) is 0 Å². The van der Waals surface area contributed by atoms with Crippen LogP contribution in [0.3, 0.4) is 0 Å². The van der Waals surface area contributed by atoms with Crippen molar-refractivity contribution in [3.05, 3.63) is 35.9 Å². The van der Waals surface area contributed by atoms with Crippen molar-refractivity contribution in [3.8, 4) is 0 Å². The molecule has 0 aromatic heterocycles. The molecule has 1 aromatic carbocycles. The highest BCUT2D eigenvalue weighted by Gasteiger charge is 2.37. The van der Waals surface area contributed by atoms with Gasteiger partial charge in [-0.25, -0.2) is 9.69 Å². The predicted molar refractivity (Wildman–Crippen MR) is 86.7 cm³/mol. The van der Waals surface area contributed by atoms with E-state index in [1.54, 1.807) is 20.8 Å². The molecule has 0 unspecified atom stereocenters. The van der Waals surface area contributed by atoms with Crippen molar-refractivity contribution in [1.82, 2.24) is 4.90 Å². The highest BCUT2D eigenvalue weighted by atomic mass is 16.6. The Balaban J connectivity index is 2.11. The Hall–Kier alpha value is -1.88. The third-order valence-electron chi connectivity index (χ3n) is 3.83. The van der Waals surface area contributed by atoms with E-state index >= 15 is 0 Å². The smallest absolute Gasteiger partial charge is 0.417 e. The van der Waals surface area contributed by atoms with Crippen molar-refractivity contribution in [1.29, 1.82) is 0 Å². The average Bonchev–Trinajstić information content (AvgIpc) is 2.46. The van der Waals surface area contributed by atoms with E-state index in [0.29, 0.717) is 19.3 Å². The number of hydrogen-bond donors (Lipinski definition) is 1. The SMILES string of the molecule is CC(C)(C)OC(=O)N1C(=O)CCC[C@@H]1C[C@@H](O)c1ccccc1. The first-order valence-electron chi connectivity index (χ1n) is 8.06. The number of nitrogens with zero attached hydrogens (tertiary/aromatic N) is 1. The molecule has 1 aliphatic heterocycles. The highest BCUT2D eigenvalue weighted by Crippen LogP contribution is 2.28. The van der Waals surface area contributed by atoms with Crippen LogP contribution in [0, 0.1) is 0 Å². The van der Waals surface area contributed by atoms with Crippen LogP contribution in [-0.4, -0.2) is 33.6 Å². The van der Waals surface area contributed by atoms with Crippen molar-refractivity contribution in [2.24, 2.45) is 0 Å². The summed E-state index contributed by atoms with van der Waals surface area (Å²) in [7, 11) is 0. The number of likely N-dealkylation sites (tertiary alicyclic amines) is 1. The number of piperidine rings is 1. The quantitative estimate of drug-likeness (QED) is 0.927. The van der Waals surface area contributed by atoms with E-state index in [1.807, 2.05) is 30.3 Å². The number of aliphatic hydroxyl groups excluding tert-OH is 1. The van der Waals surface area contributed by atoms with Crippen molar-refractivity contribution in [2.45, 2.75) is 64.2 Å². The summed E-state index contributed by atoms with van der Waals surface area (Å²) in [6, 6.07) is 8.95. The van der Waals surface area contributed by atoms with Gasteiger partial charge in [-0.1, -0.05) is 30.3 Å². The van der Waals surface area contributed by atoms with Gasteiger partial charge < -0.3 is 9.84 Å².